The molecule has 164 valence electrons. The minimum Gasteiger partial charge on any atom is -0.337 e. The third-order valence-corrected chi connectivity index (χ3v) is 6.49. The van der Waals surface area contributed by atoms with Crippen LogP contribution in [0.2, 0.25) is 0 Å². The van der Waals surface area contributed by atoms with Crippen LogP contribution in [-0.2, 0) is 7.05 Å². The first-order chi connectivity index (χ1) is 15.5. The second-order valence-electron chi connectivity index (χ2n) is 8.92. The topological polar surface area (TPSA) is 79.7 Å². The molecule has 1 amide bonds. The summed E-state index contributed by atoms with van der Waals surface area (Å²) >= 11 is 0. The Morgan fingerprint density at radius 3 is 2.78 bits per heavy atom. The number of nitrogens with one attached hydrogen (secondary N) is 1. The van der Waals surface area contributed by atoms with Crippen LogP contribution >= 0.6 is 0 Å². The average Bonchev–Trinajstić information content (AvgIpc) is 3.54. The Labute approximate surface area is 187 Å². The minimum atomic E-state index is -0.0156. The Balaban J connectivity index is 1.31. The van der Waals surface area contributed by atoms with E-state index in [4.69, 9.17) is 4.98 Å². The van der Waals surface area contributed by atoms with E-state index in [0.29, 0.717) is 24.7 Å². The molecule has 32 heavy (non-hydrogen) atoms. The summed E-state index contributed by atoms with van der Waals surface area (Å²) in [6, 6.07) is 6.13. The smallest absolute Gasteiger partial charge is 0.274 e. The Bertz CT molecular complexity index is 1200. The van der Waals surface area contributed by atoms with Crippen LogP contribution in [0, 0.1) is 12.8 Å². The molecule has 3 aromatic rings. The number of aryl methyl sites for hydroxylation is 2. The largest absolute Gasteiger partial charge is 0.337 e. The second-order valence-corrected chi connectivity index (χ2v) is 8.92. The zero-order valence-electron chi connectivity index (χ0n) is 18.7. The number of nitrogens with zero attached hydrogens (tertiary/aromatic N) is 5. The summed E-state index contributed by atoms with van der Waals surface area (Å²) in [4.78, 5) is 19.8. The number of hydrogen-bond donors (Lipinski definition) is 1. The quantitative estimate of drug-likeness (QED) is 0.681. The zero-order chi connectivity index (χ0) is 22.2. The minimum absolute atomic E-state index is 0.0156. The summed E-state index contributed by atoms with van der Waals surface area (Å²) in [5.41, 5.74) is 5.69. The van der Waals surface area contributed by atoms with Gasteiger partial charge >= 0.3 is 0 Å². The van der Waals surface area contributed by atoms with Gasteiger partial charge in [-0.2, -0.15) is 10.2 Å². The van der Waals surface area contributed by atoms with Gasteiger partial charge in [-0.3, -0.25) is 19.6 Å². The van der Waals surface area contributed by atoms with Gasteiger partial charge in [-0.1, -0.05) is 31.2 Å². The number of amides is 1. The van der Waals surface area contributed by atoms with Crippen molar-refractivity contribution in [2.75, 3.05) is 13.1 Å². The van der Waals surface area contributed by atoms with Gasteiger partial charge in [0.1, 0.15) is 5.69 Å². The molecule has 3 aromatic heterocycles. The molecule has 0 radical (unpaired) electrons. The highest BCUT2D eigenvalue weighted by Gasteiger charge is 2.31. The van der Waals surface area contributed by atoms with E-state index in [1.807, 2.05) is 43.4 Å². The fourth-order valence-electron chi connectivity index (χ4n) is 4.71. The number of allylic oxidation sites excluding steroid dienone is 4. The monoisotopic (exact) mass is 428 g/mol. The normalized spacial score (nSPS) is 22.6. The molecule has 1 aliphatic heterocycles. The molecule has 0 spiro atoms. The maximum Gasteiger partial charge on any atom is 0.274 e. The molecule has 3 unspecified atom stereocenters. The van der Waals surface area contributed by atoms with E-state index in [0.717, 1.165) is 34.6 Å². The third kappa shape index (κ3) is 3.90. The zero-order valence-corrected chi connectivity index (χ0v) is 18.7. The van der Waals surface area contributed by atoms with Crippen molar-refractivity contribution < 1.29 is 4.79 Å². The van der Waals surface area contributed by atoms with Crippen LogP contribution in [0.5, 0.6) is 0 Å². The van der Waals surface area contributed by atoms with Crippen LogP contribution in [0.15, 0.2) is 54.9 Å². The van der Waals surface area contributed by atoms with Crippen LogP contribution in [-0.4, -0.2) is 48.9 Å². The summed E-state index contributed by atoms with van der Waals surface area (Å²) < 4.78 is 1.80. The van der Waals surface area contributed by atoms with E-state index in [1.165, 1.54) is 0 Å². The highest BCUT2D eigenvalue weighted by atomic mass is 16.2. The lowest BCUT2D eigenvalue weighted by molar-refractivity contribution is 0.0785. The van der Waals surface area contributed by atoms with E-state index in [-0.39, 0.29) is 17.7 Å². The average molecular weight is 429 g/mol. The molecule has 5 rings (SSSR count). The fraction of sp³-hybridized carbons (Fsp3) is 0.360. The maximum absolute atomic E-state index is 13.1. The van der Waals surface area contributed by atoms with Crippen LogP contribution < -0.4 is 0 Å². The van der Waals surface area contributed by atoms with Crippen LogP contribution in [0.25, 0.3) is 11.1 Å². The van der Waals surface area contributed by atoms with Gasteiger partial charge in [0.15, 0.2) is 0 Å². The lowest BCUT2D eigenvalue weighted by Crippen LogP contribution is -2.28. The number of pyridine rings is 1. The number of H-pyrrole nitrogens is 1. The Morgan fingerprint density at radius 2 is 2.00 bits per heavy atom. The van der Waals surface area contributed by atoms with Gasteiger partial charge in [0, 0.05) is 60.8 Å². The summed E-state index contributed by atoms with van der Waals surface area (Å²) in [6.45, 7) is 5.56. The SMILES string of the molecule is Cc1cc(-c2cnn(C)c2)cc(C2CCN(C(=O)c3cc(C4C=CC=CC4C)[nH]n3)C2)n1. The molecular formula is C25H28N6O. The van der Waals surface area contributed by atoms with Crippen molar-refractivity contribution in [3.05, 3.63) is 77.7 Å². The van der Waals surface area contributed by atoms with Crippen molar-refractivity contribution in [1.82, 2.24) is 29.9 Å². The lowest BCUT2D eigenvalue weighted by atomic mass is 9.87. The van der Waals surface area contributed by atoms with Crippen LogP contribution in [0.1, 0.15) is 52.8 Å². The van der Waals surface area contributed by atoms with Crippen molar-refractivity contribution in [3.63, 3.8) is 0 Å². The molecule has 1 saturated heterocycles. The van der Waals surface area contributed by atoms with E-state index >= 15 is 0 Å². The van der Waals surface area contributed by atoms with Crippen molar-refractivity contribution in [2.24, 2.45) is 13.0 Å². The van der Waals surface area contributed by atoms with Crippen molar-refractivity contribution >= 4 is 5.91 Å². The first-order valence-corrected chi connectivity index (χ1v) is 11.1. The number of aromatic amines is 1. The van der Waals surface area contributed by atoms with Gasteiger partial charge in [-0.05, 0) is 43.0 Å². The van der Waals surface area contributed by atoms with E-state index in [2.05, 4.69) is 52.6 Å². The maximum atomic E-state index is 13.1. The summed E-state index contributed by atoms with van der Waals surface area (Å²) in [6.07, 6.45) is 13.2. The summed E-state index contributed by atoms with van der Waals surface area (Å²) in [7, 11) is 1.92. The predicted octanol–water partition coefficient (Wildman–Crippen LogP) is 3.99. The van der Waals surface area contributed by atoms with Crippen molar-refractivity contribution in [2.45, 2.75) is 32.1 Å². The molecule has 7 nitrogen and oxygen atoms in total. The third-order valence-electron chi connectivity index (χ3n) is 6.49. The Hall–Kier alpha value is -3.48. The predicted molar refractivity (Wildman–Crippen MR) is 123 cm³/mol. The number of hydrogen-bond acceptors (Lipinski definition) is 4. The molecule has 7 heteroatoms. The Kier molecular flexibility index (Phi) is 5.25. The van der Waals surface area contributed by atoms with Gasteiger partial charge in [-0.25, -0.2) is 0 Å². The molecule has 0 bridgehead atoms. The molecule has 1 N–H and O–H groups in total. The highest BCUT2D eigenvalue weighted by molar-refractivity contribution is 5.92. The van der Waals surface area contributed by atoms with Gasteiger partial charge in [0.05, 0.1) is 6.20 Å². The first-order valence-electron chi connectivity index (χ1n) is 11.1. The second kappa shape index (κ2) is 8.22. The molecular weight excluding hydrogens is 400 g/mol. The molecule has 0 aromatic carbocycles. The van der Waals surface area contributed by atoms with Crippen molar-refractivity contribution in [1.29, 1.82) is 0 Å². The molecule has 0 saturated carbocycles. The van der Waals surface area contributed by atoms with E-state index < -0.39 is 0 Å². The summed E-state index contributed by atoms with van der Waals surface area (Å²) in [5.74, 6) is 0.806. The van der Waals surface area contributed by atoms with Crippen LogP contribution in [0.3, 0.4) is 0 Å². The highest BCUT2D eigenvalue weighted by Crippen LogP contribution is 2.32. The van der Waals surface area contributed by atoms with E-state index in [1.54, 1.807) is 4.68 Å². The lowest BCUT2D eigenvalue weighted by Gasteiger charge is -2.18. The number of carbonyl (C=O) groups excluding carboxylic acids is 1. The van der Waals surface area contributed by atoms with Gasteiger partial charge in [0.25, 0.3) is 5.91 Å². The van der Waals surface area contributed by atoms with Gasteiger partial charge < -0.3 is 4.90 Å². The molecule has 1 fully saturated rings. The van der Waals surface area contributed by atoms with Gasteiger partial charge in [-0.15, -0.1) is 0 Å². The Morgan fingerprint density at radius 1 is 1.16 bits per heavy atom. The number of aromatic nitrogens is 5. The van der Waals surface area contributed by atoms with Crippen LogP contribution in [0.4, 0.5) is 0 Å². The molecule has 4 heterocycles. The molecule has 3 atom stereocenters. The fourth-order valence-corrected chi connectivity index (χ4v) is 4.71. The number of rotatable bonds is 4. The number of carbonyl (C=O) groups is 1. The van der Waals surface area contributed by atoms with Crippen molar-refractivity contribution in [3.8, 4) is 11.1 Å². The van der Waals surface area contributed by atoms with E-state index in [9.17, 15) is 4.79 Å². The molecule has 2 aliphatic rings. The molecule has 1 aliphatic carbocycles. The summed E-state index contributed by atoms with van der Waals surface area (Å²) in [5, 5.41) is 11.7. The standard InChI is InChI=1S/C25H28N6O/c1-16-6-4-5-7-21(16)23-12-24(29-28-23)25(32)31-9-8-18(15-31)22-11-19(10-17(2)27-22)20-13-26-30(3)14-20/h4-7,10-14,16,18,21H,8-9,15H2,1-3H3,(H,28,29). The van der Waals surface area contributed by atoms with Gasteiger partial charge in [0.2, 0.25) is 0 Å². The first kappa shape index (κ1) is 20.4. The number of likely N-dealkylation sites (tertiary alicyclic amines) is 1.